The Kier molecular flexibility index (Phi) is 5.28. The van der Waals surface area contributed by atoms with E-state index in [-0.39, 0.29) is 6.10 Å². The first-order chi connectivity index (χ1) is 10.3. The minimum atomic E-state index is 0.183. The quantitative estimate of drug-likeness (QED) is 0.835. The second kappa shape index (κ2) is 7.39. The van der Waals surface area contributed by atoms with E-state index in [0.29, 0.717) is 6.04 Å². The van der Waals surface area contributed by atoms with Gasteiger partial charge in [0.15, 0.2) is 0 Å². The molecule has 1 aromatic rings. The van der Waals surface area contributed by atoms with Gasteiger partial charge in [-0.3, -0.25) is 0 Å². The summed E-state index contributed by atoms with van der Waals surface area (Å²) in [5.41, 5.74) is 1.30. The van der Waals surface area contributed by atoms with Crippen LogP contribution in [0.15, 0.2) is 30.3 Å². The molecule has 1 aliphatic carbocycles. The Hall–Kier alpha value is -0.900. The van der Waals surface area contributed by atoms with Gasteiger partial charge in [-0.1, -0.05) is 36.8 Å². The summed E-state index contributed by atoms with van der Waals surface area (Å²) >= 11 is 0. The molecule has 116 valence electrons. The van der Waals surface area contributed by atoms with Gasteiger partial charge in [0.25, 0.3) is 0 Å². The highest BCUT2D eigenvalue weighted by molar-refractivity contribution is 5.18. The van der Waals surface area contributed by atoms with Crippen LogP contribution in [0.4, 0.5) is 0 Å². The van der Waals surface area contributed by atoms with Crippen molar-refractivity contribution in [1.29, 1.82) is 0 Å². The van der Waals surface area contributed by atoms with Gasteiger partial charge in [-0.2, -0.15) is 0 Å². The second-order valence-corrected chi connectivity index (χ2v) is 6.55. The zero-order chi connectivity index (χ0) is 14.5. The van der Waals surface area contributed by atoms with Crippen LogP contribution >= 0.6 is 0 Å². The maximum Gasteiger partial charge on any atom is 0.0950 e. The van der Waals surface area contributed by atoms with Gasteiger partial charge in [-0.15, -0.1) is 0 Å². The highest BCUT2D eigenvalue weighted by atomic mass is 16.5. The van der Waals surface area contributed by atoms with Gasteiger partial charge in [0.1, 0.15) is 0 Å². The summed E-state index contributed by atoms with van der Waals surface area (Å²) in [6, 6.07) is 12.0. The predicted octanol–water partition coefficient (Wildman–Crippen LogP) is 2.98. The summed E-state index contributed by atoms with van der Waals surface area (Å²) in [7, 11) is 2.23. The lowest BCUT2D eigenvalue weighted by Gasteiger charge is -2.33. The molecule has 0 amide bonds. The summed E-state index contributed by atoms with van der Waals surface area (Å²) in [5.74, 6) is 0. The molecule has 1 saturated carbocycles. The molecule has 2 unspecified atom stereocenters. The number of hydrogen-bond acceptors (Lipinski definition) is 3. The molecule has 0 radical (unpaired) electrons. The number of likely N-dealkylation sites (tertiary alicyclic amines) is 1. The van der Waals surface area contributed by atoms with Crippen LogP contribution in [0.3, 0.4) is 0 Å². The minimum absolute atomic E-state index is 0.183. The largest absolute Gasteiger partial charge is 0.371 e. The van der Waals surface area contributed by atoms with Crippen molar-refractivity contribution in [2.24, 2.45) is 0 Å². The van der Waals surface area contributed by atoms with E-state index in [1.54, 1.807) is 0 Å². The molecule has 1 aliphatic heterocycles. The van der Waals surface area contributed by atoms with Crippen LogP contribution in [0, 0.1) is 0 Å². The van der Waals surface area contributed by atoms with E-state index in [1.807, 2.05) is 0 Å². The van der Waals surface area contributed by atoms with Gasteiger partial charge in [0.05, 0.1) is 12.7 Å². The van der Waals surface area contributed by atoms with Crippen molar-refractivity contribution in [2.75, 3.05) is 26.7 Å². The number of hydrogen-bond donors (Lipinski definition) is 1. The Bertz CT molecular complexity index is 418. The molecule has 1 aromatic carbocycles. The highest BCUT2D eigenvalue weighted by Gasteiger charge is 2.24. The third kappa shape index (κ3) is 4.53. The molecular formula is C18H28N2O. The van der Waals surface area contributed by atoms with E-state index in [0.717, 1.165) is 19.2 Å². The smallest absolute Gasteiger partial charge is 0.0950 e. The first-order valence-electron chi connectivity index (χ1n) is 8.43. The van der Waals surface area contributed by atoms with E-state index >= 15 is 0 Å². The molecule has 3 heteroatoms. The Morgan fingerprint density at radius 2 is 2.00 bits per heavy atom. The molecule has 1 saturated heterocycles. The summed E-state index contributed by atoms with van der Waals surface area (Å²) in [5, 5.41) is 3.62. The molecule has 3 nitrogen and oxygen atoms in total. The van der Waals surface area contributed by atoms with Crippen LogP contribution in [0.1, 0.15) is 43.8 Å². The van der Waals surface area contributed by atoms with Crippen molar-refractivity contribution < 1.29 is 4.74 Å². The number of piperidine rings is 1. The third-order valence-electron chi connectivity index (χ3n) is 4.75. The monoisotopic (exact) mass is 288 g/mol. The van der Waals surface area contributed by atoms with Crippen LogP contribution in [0.25, 0.3) is 0 Å². The van der Waals surface area contributed by atoms with E-state index in [2.05, 4.69) is 47.6 Å². The van der Waals surface area contributed by atoms with Crippen molar-refractivity contribution in [3.8, 4) is 0 Å². The zero-order valence-corrected chi connectivity index (χ0v) is 13.1. The highest BCUT2D eigenvalue weighted by Crippen LogP contribution is 2.23. The van der Waals surface area contributed by atoms with Crippen LogP contribution in [0.2, 0.25) is 0 Å². The number of benzene rings is 1. The lowest BCUT2D eigenvalue weighted by atomic mass is 10.0. The predicted molar refractivity (Wildman–Crippen MR) is 86.4 cm³/mol. The summed E-state index contributed by atoms with van der Waals surface area (Å²) in [6.45, 7) is 3.00. The Labute approximate surface area is 128 Å². The maximum absolute atomic E-state index is 6.31. The lowest BCUT2D eigenvalue weighted by molar-refractivity contribution is 0.00286. The van der Waals surface area contributed by atoms with Crippen molar-refractivity contribution in [3.63, 3.8) is 0 Å². The average molecular weight is 288 g/mol. The standard InChI is InChI=1S/C18H28N2O/c1-20-12-6-5-9-17(20)14-21-18(13-19-16-10-11-16)15-7-3-2-4-8-15/h2-4,7-8,16-19H,5-6,9-14H2,1H3. The number of ether oxygens (including phenoxy) is 1. The SMILES string of the molecule is CN1CCCCC1COC(CNC1CC1)c1ccccc1. The first kappa shape index (κ1) is 15.0. The second-order valence-electron chi connectivity index (χ2n) is 6.55. The van der Waals surface area contributed by atoms with E-state index in [9.17, 15) is 0 Å². The summed E-state index contributed by atoms with van der Waals surface area (Å²) in [6.07, 6.45) is 6.78. The Morgan fingerprint density at radius 1 is 1.19 bits per heavy atom. The molecule has 1 heterocycles. The molecule has 21 heavy (non-hydrogen) atoms. The van der Waals surface area contributed by atoms with Crippen LogP contribution in [0.5, 0.6) is 0 Å². The van der Waals surface area contributed by atoms with Crippen LogP contribution in [-0.2, 0) is 4.74 Å². The van der Waals surface area contributed by atoms with Gasteiger partial charge < -0.3 is 15.0 Å². The zero-order valence-electron chi connectivity index (χ0n) is 13.1. The first-order valence-corrected chi connectivity index (χ1v) is 8.43. The molecule has 0 spiro atoms. The number of rotatable bonds is 7. The lowest BCUT2D eigenvalue weighted by Crippen LogP contribution is -2.40. The fourth-order valence-corrected chi connectivity index (χ4v) is 3.08. The molecule has 1 N–H and O–H groups in total. The van der Waals surface area contributed by atoms with Crippen LogP contribution < -0.4 is 5.32 Å². The molecular weight excluding hydrogens is 260 g/mol. The Balaban J connectivity index is 1.55. The molecule has 2 fully saturated rings. The van der Waals surface area contributed by atoms with Crippen molar-refractivity contribution in [2.45, 2.75) is 50.3 Å². The third-order valence-corrected chi connectivity index (χ3v) is 4.75. The van der Waals surface area contributed by atoms with Gasteiger partial charge in [0.2, 0.25) is 0 Å². The summed E-state index contributed by atoms with van der Waals surface area (Å²) in [4.78, 5) is 2.46. The molecule has 2 aliphatic rings. The van der Waals surface area contributed by atoms with Crippen molar-refractivity contribution in [3.05, 3.63) is 35.9 Å². The van der Waals surface area contributed by atoms with Gasteiger partial charge in [0, 0.05) is 18.6 Å². The number of nitrogens with zero attached hydrogens (tertiary/aromatic N) is 1. The van der Waals surface area contributed by atoms with Crippen molar-refractivity contribution >= 4 is 0 Å². The average Bonchev–Trinajstić information content (AvgIpc) is 3.34. The normalized spacial score (nSPS) is 24.9. The van der Waals surface area contributed by atoms with Gasteiger partial charge in [-0.25, -0.2) is 0 Å². The summed E-state index contributed by atoms with van der Waals surface area (Å²) < 4.78 is 6.31. The Morgan fingerprint density at radius 3 is 2.71 bits per heavy atom. The number of likely N-dealkylation sites (N-methyl/N-ethyl adjacent to an activating group) is 1. The van der Waals surface area contributed by atoms with E-state index in [1.165, 1.54) is 44.2 Å². The van der Waals surface area contributed by atoms with Gasteiger partial charge in [-0.05, 0) is 44.8 Å². The molecule has 0 bridgehead atoms. The van der Waals surface area contributed by atoms with Gasteiger partial charge >= 0.3 is 0 Å². The fraction of sp³-hybridized carbons (Fsp3) is 0.667. The fourth-order valence-electron chi connectivity index (χ4n) is 3.08. The van der Waals surface area contributed by atoms with Crippen LogP contribution in [-0.4, -0.2) is 43.7 Å². The van der Waals surface area contributed by atoms with E-state index in [4.69, 9.17) is 4.74 Å². The number of nitrogens with one attached hydrogen (secondary N) is 1. The molecule has 2 atom stereocenters. The molecule has 3 rings (SSSR count). The maximum atomic E-state index is 6.31. The minimum Gasteiger partial charge on any atom is -0.371 e. The van der Waals surface area contributed by atoms with E-state index < -0.39 is 0 Å². The van der Waals surface area contributed by atoms with Crippen molar-refractivity contribution in [1.82, 2.24) is 10.2 Å². The molecule has 0 aromatic heterocycles. The topological polar surface area (TPSA) is 24.5 Å².